The molecule has 0 spiro atoms. The molecule has 0 radical (unpaired) electrons. The Labute approximate surface area is 165 Å². The first-order chi connectivity index (χ1) is 13.8. The second-order valence-corrected chi connectivity index (χ2v) is 6.70. The van der Waals surface area contributed by atoms with E-state index in [1.807, 2.05) is 54.7 Å². The summed E-state index contributed by atoms with van der Waals surface area (Å²) in [6.45, 7) is 1.36. The molecule has 1 heterocycles. The smallest absolute Gasteiger partial charge is 0.144 e. The average molecular weight is 369 g/mol. The minimum atomic E-state index is 0.579. The van der Waals surface area contributed by atoms with Gasteiger partial charge in [0, 0.05) is 24.5 Å². The molecule has 3 aromatic carbocycles. The Hall–Kier alpha value is -3.46. The molecule has 4 rings (SSSR count). The van der Waals surface area contributed by atoms with Crippen molar-refractivity contribution < 1.29 is 9.47 Å². The molecule has 0 unspecified atom stereocenters. The van der Waals surface area contributed by atoms with Crippen molar-refractivity contribution in [1.82, 2.24) is 4.57 Å². The molecule has 0 saturated carbocycles. The third kappa shape index (κ3) is 4.26. The standard InChI is InChI=1S/C25H23NO2/c1-27-25-18-26(17-24(25)22-10-6-3-7-11-22)16-20-12-14-23(15-13-20)28-19-21-8-4-2-5-9-21/h2-15,17-18H,16,19H2,1H3. The SMILES string of the molecule is COc1cn(Cc2ccc(OCc3ccccc3)cc2)cc1-c1ccccc1. The van der Waals surface area contributed by atoms with Gasteiger partial charge in [0.15, 0.2) is 0 Å². The Morgan fingerprint density at radius 3 is 2.07 bits per heavy atom. The summed E-state index contributed by atoms with van der Waals surface area (Å²) in [5, 5.41) is 0. The lowest BCUT2D eigenvalue weighted by Crippen LogP contribution is -1.98. The topological polar surface area (TPSA) is 23.4 Å². The molecular formula is C25H23NO2. The maximum atomic E-state index is 5.87. The second-order valence-electron chi connectivity index (χ2n) is 6.70. The molecule has 0 bridgehead atoms. The number of hydrogen-bond donors (Lipinski definition) is 0. The van der Waals surface area contributed by atoms with Crippen LogP contribution >= 0.6 is 0 Å². The molecule has 4 aromatic rings. The van der Waals surface area contributed by atoms with Crippen LogP contribution in [0.2, 0.25) is 0 Å². The summed E-state index contributed by atoms with van der Waals surface area (Å²) in [5.74, 6) is 1.76. The Morgan fingerprint density at radius 2 is 1.39 bits per heavy atom. The first-order valence-corrected chi connectivity index (χ1v) is 9.36. The third-order valence-corrected chi connectivity index (χ3v) is 4.68. The molecular weight excluding hydrogens is 346 g/mol. The highest BCUT2D eigenvalue weighted by Gasteiger charge is 2.09. The van der Waals surface area contributed by atoms with Crippen LogP contribution in [-0.2, 0) is 13.2 Å². The Kier molecular flexibility index (Phi) is 5.43. The number of methoxy groups -OCH3 is 1. The van der Waals surface area contributed by atoms with Crippen LogP contribution in [0.4, 0.5) is 0 Å². The Balaban J connectivity index is 1.44. The van der Waals surface area contributed by atoms with E-state index < -0.39 is 0 Å². The lowest BCUT2D eigenvalue weighted by molar-refractivity contribution is 0.306. The summed E-state index contributed by atoms with van der Waals surface area (Å²) in [6.07, 6.45) is 4.18. The summed E-state index contributed by atoms with van der Waals surface area (Å²) in [5.41, 5.74) is 4.64. The van der Waals surface area contributed by atoms with Crippen LogP contribution in [0.25, 0.3) is 11.1 Å². The Morgan fingerprint density at radius 1 is 0.714 bits per heavy atom. The summed E-state index contributed by atoms with van der Waals surface area (Å²) < 4.78 is 13.6. The van der Waals surface area contributed by atoms with Crippen molar-refractivity contribution in [2.75, 3.05) is 7.11 Å². The molecule has 0 aliphatic heterocycles. The normalized spacial score (nSPS) is 10.6. The van der Waals surface area contributed by atoms with Crippen LogP contribution in [0, 0.1) is 0 Å². The van der Waals surface area contributed by atoms with E-state index in [9.17, 15) is 0 Å². The molecule has 1 aromatic heterocycles. The van der Waals surface area contributed by atoms with Gasteiger partial charge in [0.05, 0.1) is 7.11 Å². The van der Waals surface area contributed by atoms with Crippen LogP contribution in [0.15, 0.2) is 97.3 Å². The zero-order valence-electron chi connectivity index (χ0n) is 15.9. The van der Waals surface area contributed by atoms with Gasteiger partial charge in [-0.3, -0.25) is 0 Å². The molecule has 0 aliphatic carbocycles. The Bertz CT molecular complexity index is 1010. The van der Waals surface area contributed by atoms with E-state index in [1.165, 1.54) is 11.1 Å². The van der Waals surface area contributed by atoms with E-state index in [2.05, 4.69) is 47.2 Å². The fourth-order valence-corrected chi connectivity index (χ4v) is 3.22. The number of nitrogens with zero attached hydrogens (tertiary/aromatic N) is 1. The van der Waals surface area contributed by atoms with Gasteiger partial charge >= 0.3 is 0 Å². The van der Waals surface area contributed by atoms with E-state index in [4.69, 9.17) is 9.47 Å². The summed E-state index contributed by atoms with van der Waals surface area (Å²) in [6, 6.07) is 28.8. The highest BCUT2D eigenvalue weighted by Crippen LogP contribution is 2.31. The molecule has 28 heavy (non-hydrogen) atoms. The molecule has 0 amide bonds. The van der Waals surface area contributed by atoms with Gasteiger partial charge < -0.3 is 14.0 Å². The van der Waals surface area contributed by atoms with Crippen molar-refractivity contribution in [3.63, 3.8) is 0 Å². The molecule has 0 saturated heterocycles. The molecule has 0 atom stereocenters. The van der Waals surface area contributed by atoms with Gasteiger partial charge in [-0.05, 0) is 28.8 Å². The predicted octanol–water partition coefficient (Wildman–Crippen LogP) is 5.79. The van der Waals surface area contributed by atoms with Crippen molar-refractivity contribution in [1.29, 1.82) is 0 Å². The molecule has 0 N–H and O–H groups in total. The van der Waals surface area contributed by atoms with Crippen molar-refractivity contribution >= 4 is 0 Å². The van der Waals surface area contributed by atoms with Gasteiger partial charge in [0.2, 0.25) is 0 Å². The summed E-state index contributed by atoms with van der Waals surface area (Å²) >= 11 is 0. The average Bonchev–Trinajstić information content (AvgIpc) is 3.17. The fraction of sp³-hybridized carbons (Fsp3) is 0.120. The quantitative estimate of drug-likeness (QED) is 0.411. The zero-order valence-corrected chi connectivity index (χ0v) is 15.9. The molecule has 0 aliphatic rings. The zero-order chi connectivity index (χ0) is 19.2. The highest BCUT2D eigenvalue weighted by atomic mass is 16.5. The number of hydrogen-bond acceptors (Lipinski definition) is 2. The minimum absolute atomic E-state index is 0.579. The molecule has 0 fully saturated rings. The summed E-state index contributed by atoms with van der Waals surface area (Å²) in [4.78, 5) is 0. The maximum Gasteiger partial charge on any atom is 0.144 e. The monoisotopic (exact) mass is 369 g/mol. The van der Waals surface area contributed by atoms with Crippen molar-refractivity contribution in [2.45, 2.75) is 13.2 Å². The lowest BCUT2D eigenvalue weighted by atomic mass is 10.1. The van der Waals surface area contributed by atoms with Gasteiger partial charge in [-0.2, -0.15) is 0 Å². The highest BCUT2D eigenvalue weighted by molar-refractivity contribution is 5.69. The van der Waals surface area contributed by atoms with Crippen LogP contribution in [-0.4, -0.2) is 11.7 Å². The van der Waals surface area contributed by atoms with Gasteiger partial charge in [-0.25, -0.2) is 0 Å². The van der Waals surface area contributed by atoms with Crippen molar-refractivity contribution in [2.24, 2.45) is 0 Å². The molecule has 140 valence electrons. The van der Waals surface area contributed by atoms with E-state index >= 15 is 0 Å². The van der Waals surface area contributed by atoms with Crippen LogP contribution in [0.5, 0.6) is 11.5 Å². The first-order valence-electron chi connectivity index (χ1n) is 9.36. The van der Waals surface area contributed by atoms with Crippen LogP contribution in [0.3, 0.4) is 0 Å². The van der Waals surface area contributed by atoms with Gasteiger partial charge in [-0.1, -0.05) is 72.8 Å². The van der Waals surface area contributed by atoms with E-state index in [-0.39, 0.29) is 0 Å². The number of aromatic nitrogens is 1. The maximum absolute atomic E-state index is 5.87. The van der Waals surface area contributed by atoms with E-state index in [0.717, 1.165) is 29.2 Å². The lowest BCUT2D eigenvalue weighted by Gasteiger charge is -2.08. The second kappa shape index (κ2) is 8.49. The van der Waals surface area contributed by atoms with Gasteiger partial charge in [0.25, 0.3) is 0 Å². The summed E-state index contributed by atoms with van der Waals surface area (Å²) in [7, 11) is 1.71. The van der Waals surface area contributed by atoms with E-state index in [0.29, 0.717) is 6.61 Å². The largest absolute Gasteiger partial charge is 0.495 e. The molecule has 3 nitrogen and oxygen atoms in total. The third-order valence-electron chi connectivity index (χ3n) is 4.68. The van der Waals surface area contributed by atoms with Crippen molar-refractivity contribution in [3.8, 4) is 22.6 Å². The fourth-order valence-electron chi connectivity index (χ4n) is 3.22. The van der Waals surface area contributed by atoms with Gasteiger partial charge in [0.1, 0.15) is 18.1 Å². The van der Waals surface area contributed by atoms with Crippen LogP contribution in [0.1, 0.15) is 11.1 Å². The number of ether oxygens (including phenoxy) is 2. The first kappa shape index (κ1) is 17.9. The minimum Gasteiger partial charge on any atom is -0.495 e. The van der Waals surface area contributed by atoms with Gasteiger partial charge in [-0.15, -0.1) is 0 Å². The molecule has 3 heteroatoms. The predicted molar refractivity (Wildman–Crippen MR) is 113 cm³/mol. The van der Waals surface area contributed by atoms with E-state index in [1.54, 1.807) is 7.11 Å². The van der Waals surface area contributed by atoms with Crippen LogP contribution < -0.4 is 9.47 Å². The van der Waals surface area contributed by atoms with Crippen molar-refractivity contribution in [3.05, 3.63) is 108 Å². The number of benzene rings is 3. The number of rotatable bonds is 7.